The van der Waals surface area contributed by atoms with Crippen molar-refractivity contribution >= 4 is 17.1 Å². The molecule has 0 aliphatic carbocycles. The lowest BCUT2D eigenvalue weighted by atomic mass is 10.1. The predicted octanol–water partition coefficient (Wildman–Crippen LogP) is 3.08. The zero-order valence-corrected chi connectivity index (χ0v) is 8.76. The second kappa shape index (κ2) is 4.08. The number of rotatable bonds is 2. The highest BCUT2D eigenvalue weighted by atomic mass is 19.2. The second-order valence-electron chi connectivity index (χ2n) is 3.39. The van der Waals surface area contributed by atoms with E-state index in [0.717, 1.165) is 6.07 Å². The third-order valence-corrected chi connectivity index (χ3v) is 2.46. The van der Waals surface area contributed by atoms with E-state index in [-0.39, 0.29) is 17.4 Å². The third-order valence-electron chi connectivity index (χ3n) is 2.46. The van der Waals surface area contributed by atoms with Gasteiger partial charge in [0, 0.05) is 0 Å². The highest BCUT2D eigenvalue weighted by Crippen LogP contribution is 2.30. The number of benzene rings is 2. The Morgan fingerprint density at radius 1 is 1.12 bits per heavy atom. The van der Waals surface area contributed by atoms with Crippen molar-refractivity contribution in [2.75, 3.05) is 7.11 Å². The molecule has 17 heavy (non-hydrogen) atoms. The minimum absolute atomic E-state index is 0.101. The van der Waals surface area contributed by atoms with Crippen LogP contribution in [0.3, 0.4) is 0 Å². The Balaban J connectivity index is 2.92. The summed E-state index contributed by atoms with van der Waals surface area (Å²) < 4.78 is 45.3. The molecule has 0 atom stereocenters. The van der Waals surface area contributed by atoms with E-state index in [0.29, 0.717) is 0 Å². The van der Waals surface area contributed by atoms with Crippen LogP contribution in [0.1, 0.15) is 10.4 Å². The average molecular weight is 240 g/mol. The molecule has 0 bridgehead atoms. The maximum atomic E-state index is 13.7. The van der Waals surface area contributed by atoms with E-state index in [1.165, 1.54) is 19.2 Å². The summed E-state index contributed by atoms with van der Waals surface area (Å²) in [4.78, 5) is 10.5. The monoisotopic (exact) mass is 240 g/mol. The number of ether oxygens (including phenoxy) is 1. The van der Waals surface area contributed by atoms with Crippen molar-refractivity contribution in [1.29, 1.82) is 0 Å². The third kappa shape index (κ3) is 1.63. The van der Waals surface area contributed by atoms with Crippen LogP contribution in [0.2, 0.25) is 0 Å². The molecule has 0 aromatic heterocycles. The Kier molecular flexibility index (Phi) is 2.75. The number of halogens is 3. The maximum absolute atomic E-state index is 13.7. The molecule has 88 valence electrons. The molecule has 2 nitrogen and oxygen atoms in total. The molecule has 0 spiro atoms. The first-order valence-corrected chi connectivity index (χ1v) is 4.69. The fraction of sp³-hybridized carbons (Fsp3) is 0.0833. The Labute approximate surface area is 94.6 Å². The zero-order valence-electron chi connectivity index (χ0n) is 8.76. The van der Waals surface area contributed by atoms with Crippen LogP contribution >= 0.6 is 0 Å². The molecular formula is C12H7F3O2. The Morgan fingerprint density at radius 2 is 1.82 bits per heavy atom. The van der Waals surface area contributed by atoms with Crippen LogP contribution in [0.25, 0.3) is 10.8 Å². The van der Waals surface area contributed by atoms with Crippen LogP contribution < -0.4 is 4.74 Å². The van der Waals surface area contributed by atoms with E-state index in [4.69, 9.17) is 0 Å². The van der Waals surface area contributed by atoms with Crippen LogP contribution in [0.15, 0.2) is 18.2 Å². The molecule has 0 amide bonds. The van der Waals surface area contributed by atoms with Crippen molar-refractivity contribution < 1.29 is 22.7 Å². The number of aldehydes is 1. The fourth-order valence-electron chi connectivity index (χ4n) is 1.63. The molecule has 5 heteroatoms. The van der Waals surface area contributed by atoms with Crippen LogP contribution in [0, 0.1) is 17.5 Å². The minimum atomic E-state index is -1.39. The molecule has 0 aliphatic rings. The summed E-state index contributed by atoms with van der Waals surface area (Å²) in [5, 5.41) is -0.420. The van der Waals surface area contributed by atoms with Gasteiger partial charge in [0.25, 0.3) is 0 Å². The lowest BCUT2D eigenvalue weighted by Crippen LogP contribution is -1.98. The van der Waals surface area contributed by atoms with Gasteiger partial charge in [-0.1, -0.05) is 6.07 Å². The van der Waals surface area contributed by atoms with E-state index in [2.05, 4.69) is 4.74 Å². The van der Waals surface area contributed by atoms with E-state index in [9.17, 15) is 18.0 Å². The number of fused-ring (bicyclic) bond motifs is 1. The Bertz CT molecular complexity index is 608. The number of methoxy groups -OCH3 is 1. The highest BCUT2D eigenvalue weighted by molar-refractivity contribution is 5.91. The van der Waals surface area contributed by atoms with Crippen molar-refractivity contribution in [2.24, 2.45) is 0 Å². The summed E-state index contributed by atoms with van der Waals surface area (Å²) in [7, 11) is 1.22. The van der Waals surface area contributed by atoms with Crippen molar-refractivity contribution in [2.45, 2.75) is 0 Å². The summed E-state index contributed by atoms with van der Waals surface area (Å²) in [6.45, 7) is 0. The van der Waals surface area contributed by atoms with E-state index in [1.807, 2.05) is 0 Å². The topological polar surface area (TPSA) is 26.3 Å². The molecule has 2 aromatic carbocycles. The maximum Gasteiger partial charge on any atom is 0.175 e. The van der Waals surface area contributed by atoms with Crippen molar-refractivity contribution in [3.8, 4) is 5.75 Å². The van der Waals surface area contributed by atoms with Crippen LogP contribution in [0.5, 0.6) is 5.75 Å². The Morgan fingerprint density at radius 3 is 2.41 bits per heavy atom. The van der Waals surface area contributed by atoms with Gasteiger partial charge < -0.3 is 4.74 Å². The standard InChI is InChI=1S/C12H7F3O2/c1-17-8-3-2-6-4-7(5-16)10(13)12(15)9(6)11(8)14/h2-5H,1H3. The largest absolute Gasteiger partial charge is 0.494 e. The molecule has 0 unspecified atom stereocenters. The number of hydrogen-bond acceptors (Lipinski definition) is 2. The van der Waals surface area contributed by atoms with E-state index >= 15 is 0 Å². The lowest BCUT2D eigenvalue weighted by Gasteiger charge is -2.07. The Hall–Kier alpha value is -2.04. The number of carbonyl (C=O) groups excluding carboxylic acids is 1. The van der Waals surface area contributed by atoms with Gasteiger partial charge in [0.05, 0.1) is 18.1 Å². The molecular weight excluding hydrogens is 233 g/mol. The smallest absolute Gasteiger partial charge is 0.175 e. The highest BCUT2D eigenvalue weighted by Gasteiger charge is 2.18. The summed E-state index contributed by atoms with van der Waals surface area (Å²) in [6.07, 6.45) is 0.181. The normalized spacial score (nSPS) is 10.6. The lowest BCUT2D eigenvalue weighted by molar-refractivity contribution is 0.111. The first-order chi connectivity index (χ1) is 8.10. The fourth-order valence-corrected chi connectivity index (χ4v) is 1.63. The van der Waals surface area contributed by atoms with Crippen LogP contribution in [-0.4, -0.2) is 13.4 Å². The van der Waals surface area contributed by atoms with Gasteiger partial charge in [-0.2, -0.15) is 0 Å². The number of carbonyl (C=O) groups is 1. The summed E-state index contributed by atoms with van der Waals surface area (Å²) in [5.74, 6) is -3.92. The molecule has 2 rings (SSSR count). The quantitative estimate of drug-likeness (QED) is 0.754. The molecule has 0 radical (unpaired) electrons. The van der Waals surface area contributed by atoms with Crippen molar-refractivity contribution in [3.05, 3.63) is 41.2 Å². The first-order valence-electron chi connectivity index (χ1n) is 4.69. The molecule has 2 aromatic rings. The van der Waals surface area contributed by atoms with Gasteiger partial charge in [-0.15, -0.1) is 0 Å². The van der Waals surface area contributed by atoms with Crippen molar-refractivity contribution in [1.82, 2.24) is 0 Å². The molecule has 0 heterocycles. The minimum Gasteiger partial charge on any atom is -0.494 e. The SMILES string of the molecule is COc1ccc2cc(C=O)c(F)c(F)c2c1F. The van der Waals surface area contributed by atoms with Gasteiger partial charge in [-0.3, -0.25) is 4.79 Å². The van der Waals surface area contributed by atoms with Crippen LogP contribution in [-0.2, 0) is 0 Å². The van der Waals surface area contributed by atoms with Gasteiger partial charge in [-0.05, 0) is 17.5 Å². The van der Waals surface area contributed by atoms with E-state index < -0.39 is 28.4 Å². The van der Waals surface area contributed by atoms with Gasteiger partial charge in [-0.25, -0.2) is 13.2 Å². The molecule has 0 aliphatic heterocycles. The molecule has 0 saturated heterocycles. The summed E-state index contributed by atoms with van der Waals surface area (Å²) in [6, 6.07) is 3.72. The molecule has 0 N–H and O–H groups in total. The van der Waals surface area contributed by atoms with E-state index in [1.54, 1.807) is 0 Å². The van der Waals surface area contributed by atoms with Gasteiger partial charge in [0.1, 0.15) is 0 Å². The van der Waals surface area contributed by atoms with Gasteiger partial charge in [0.15, 0.2) is 29.5 Å². The second-order valence-corrected chi connectivity index (χ2v) is 3.39. The zero-order chi connectivity index (χ0) is 12.6. The number of hydrogen-bond donors (Lipinski definition) is 0. The van der Waals surface area contributed by atoms with Crippen molar-refractivity contribution in [3.63, 3.8) is 0 Å². The van der Waals surface area contributed by atoms with Gasteiger partial charge >= 0.3 is 0 Å². The van der Waals surface area contributed by atoms with Gasteiger partial charge in [0.2, 0.25) is 0 Å². The summed E-state index contributed by atoms with van der Waals surface area (Å²) >= 11 is 0. The van der Waals surface area contributed by atoms with Crippen LogP contribution in [0.4, 0.5) is 13.2 Å². The first kappa shape index (κ1) is 11.4. The molecule has 0 fully saturated rings. The molecule has 0 saturated carbocycles. The average Bonchev–Trinajstić information content (AvgIpc) is 2.33. The predicted molar refractivity (Wildman–Crippen MR) is 55.8 cm³/mol. The summed E-state index contributed by atoms with van der Waals surface area (Å²) in [5.41, 5.74) is -0.445.